The van der Waals surface area contributed by atoms with Crippen molar-refractivity contribution in [3.63, 3.8) is 0 Å². The number of anilines is 3. The van der Waals surface area contributed by atoms with Gasteiger partial charge in [0.25, 0.3) is 5.91 Å². The highest BCUT2D eigenvalue weighted by Crippen LogP contribution is 2.36. The Morgan fingerprint density at radius 2 is 1.92 bits per heavy atom. The molecule has 0 aliphatic carbocycles. The molecule has 0 spiro atoms. The molecule has 10 heteroatoms. The Bertz CT molecular complexity index is 1490. The lowest BCUT2D eigenvalue weighted by molar-refractivity contribution is 0.102. The lowest BCUT2D eigenvalue weighted by atomic mass is 9.98. The Labute approximate surface area is 231 Å². The van der Waals surface area contributed by atoms with Crippen molar-refractivity contribution in [3.05, 3.63) is 77.3 Å². The minimum absolute atomic E-state index is 0.192. The van der Waals surface area contributed by atoms with Crippen molar-refractivity contribution in [2.45, 2.75) is 12.8 Å². The van der Waals surface area contributed by atoms with E-state index in [9.17, 15) is 4.79 Å². The molecule has 202 valence electrons. The summed E-state index contributed by atoms with van der Waals surface area (Å²) in [6.07, 6.45) is 3.60. The lowest BCUT2D eigenvalue weighted by Crippen LogP contribution is -2.32. The van der Waals surface area contributed by atoms with Crippen LogP contribution in [0.3, 0.4) is 0 Å². The van der Waals surface area contributed by atoms with Crippen LogP contribution in [0.2, 0.25) is 5.02 Å². The average Bonchev–Trinajstić information content (AvgIpc) is 2.94. The zero-order valence-corrected chi connectivity index (χ0v) is 22.5. The molecule has 2 heterocycles. The normalized spacial score (nSPS) is 14.3. The zero-order valence-electron chi connectivity index (χ0n) is 21.7. The molecule has 1 aliphatic heterocycles. The number of nitrogens with zero attached hydrogens (tertiary/aromatic N) is 3. The smallest absolute Gasteiger partial charge is 0.255 e. The van der Waals surface area contributed by atoms with E-state index < -0.39 is 5.82 Å². The van der Waals surface area contributed by atoms with E-state index in [0.717, 1.165) is 25.9 Å². The van der Waals surface area contributed by atoms with Gasteiger partial charge in [-0.15, -0.1) is 0 Å². The van der Waals surface area contributed by atoms with Gasteiger partial charge in [-0.3, -0.25) is 4.79 Å². The molecule has 2 N–H and O–H groups in total. The maximum absolute atomic E-state index is 15.0. The van der Waals surface area contributed by atoms with Gasteiger partial charge in [-0.1, -0.05) is 17.7 Å². The van der Waals surface area contributed by atoms with Gasteiger partial charge in [-0.2, -0.15) is 0 Å². The van der Waals surface area contributed by atoms with Crippen LogP contribution in [0.5, 0.6) is 11.5 Å². The Morgan fingerprint density at radius 3 is 2.67 bits per heavy atom. The van der Waals surface area contributed by atoms with Gasteiger partial charge < -0.3 is 25.0 Å². The Kier molecular flexibility index (Phi) is 8.09. The summed E-state index contributed by atoms with van der Waals surface area (Å²) in [6.45, 7) is 2.74. The Morgan fingerprint density at radius 1 is 1.10 bits per heavy atom. The number of fused-ring (bicyclic) bond motifs is 1. The van der Waals surface area contributed by atoms with Gasteiger partial charge in [0.05, 0.1) is 24.9 Å². The fraction of sp³-hybridized carbons (Fsp3) is 0.276. The van der Waals surface area contributed by atoms with E-state index >= 15 is 4.39 Å². The molecule has 0 atom stereocenters. The van der Waals surface area contributed by atoms with E-state index in [0.29, 0.717) is 57.0 Å². The van der Waals surface area contributed by atoms with Crippen LogP contribution in [0.1, 0.15) is 23.2 Å². The molecule has 0 radical (unpaired) electrons. The summed E-state index contributed by atoms with van der Waals surface area (Å²) in [4.78, 5) is 23.5. The number of hydrogen-bond acceptors (Lipinski definition) is 7. The number of carbonyl (C=O) groups excluding carboxylic acids is 1. The fourth-order valence-electron chi connectivity index (χ4n) is 4.53. The standard InChI is InChI=1S/C29H29ClFN5O3/c1-36-10-8-18(9-11-36)16-39-27-15-25-22(14-26(27)38-2)28(33-17-32-25)35-24-7-6-21(13-23(24)31)34-29(37)19-4-3-5-20(30)12-19/h3-7,12-15,17-18H,8-11,16H2,1-2H3,(H,34,37)(H,32,33,35). The predicted molar refractivity (Wildman–Crippen MR) is 151 cm³/mol. The van der Waals surface area contributed by atoms with Gasteiger partial charge in [-0.25, -0.2) is 14.4 Å². The summed E-state index contributed by atoms with van der Waals surface area (Å²) in [7, 11) is 3.71. The molecule has 4 aromatic rings. The van der Waals surface area contributed by atoms with Crippen molar-refractivity contribution in [3.8, 4) is 11.5 Å². The first-order chi connectivity index (χ1) is 18.9. The number of rotatable bonds is 8. The highest BCUT2D eigenvalue weighted by Gasteiger charge is 2.19. The molecule has 1 aliphatic rings. The summed E-state index contributed by atoms with van der Waals surface area (Å²) in [5.41, 5.74) is 1.51. The second-order valence-electron chi connectivity index (χ2n) is 9.58. The topological polar surface area (TPSA) is 88.6 Å². The van der Waals surface area contributed by atoms with E-state index in [1.165, 1.54) is 18.5 Å². The van der Waals surface area contributed by atoms with E-state index in [1.807, 2.05) is 6.07 Å². The van der Waals surface area contributed by atoms with Crippen LogP contribution < -0.4 is 20.1 Å². The lowest BCUT2D eigenvalue weighted by Gasteiger charge is -2.28. The number of ether oxygens (including phenoxy) is 2. The number of methoxy groups -OCH3 is 1. The third-order valence-electron chi connectivity index (χ3n) is 6.80. The molecule has 0 bridgehead atoms. The SMILES string of the molecule is COc1cc2c(Nc3ccc(NC(=O)c4cccc(Cl)c4)cc3F)ncnc2cc1OCC1CCN(C)CC1. The van der Waals surface area contributed by atoms with Crippen molar-refractivity contribution >= 4 is 45.6 Å². The summed E-state index contributed by atoms with van der Waals surface area (Å²) >= 11 is 5.96. The number of amides is 1. The number of piperidine rings is 1. The molecule has 1 amide bonds. The zero-order chi connectivity index (χ0) is 27.4. The molecular formula is C29H29ClFN5O3. The molecule has 0 saturated carbocycles. The van der Waals surface area contributed by atoms with Gasteiger partial charge in [-0.05, 0) is 81.4 Å². The van der Waals surface area contributed by atoms with Gasteiger partial charge in [0, 0.05) is 27.7 Å². The first-order valence-corrected chi connectivity index (χ1v) is 13.0. The third-order valence-corrected chi connectivity index (χ3v) is 7.04. The fourth-order valence-corrected chi connectivity index (χ4v) is 4.72. The van der Waals surface area contributed by atoms with Crippen molar-refractivity contribution in [1.29, 1.82) is 0 Å². The molecule has 39 heavy (non-hydrogen) atoms. The molecule has 0 unspecified atom stereocenters. The number of halogens is 2. The van der Waals surface area contributed by atoms with E-state index in [-0.39, 0.29) is 11.6 Å². The molecule has 3 aromatic carbocycles. The first kappa shape index (κ1) is 26.6. The summed E-state index contributed by atoms with van der Waals surface area (Å²) in [5.74, 6) is 1.11. The minimum Gasteiger partial charge on any atom is -0.493 e. The van der Waals surface area contributed by atoms with Crippen molar-refractivity contribution in [2.24, 2.45) is 5.92 Å². The number of nitrogens with one attached hydrogen (secondary N) is 2. The Balaban J connectivity index is 1.32. The van der Waals surface area contributed by atoms with E-state index in [1.54, 1.807) is 43.5 Å². The second kappa shape index (κ2) is 11.8. The monoisotopic (exact) mass is 549 g/mol. The highest BCUT2D eigenvalue weighted by atomic mass is 35.5. The summed E-state index contributed by atoms with van der Waals surface area (Å²) in [6, 6.07) is 14.5. The maximum atomic E-state index is 15.0. The number of benzene rings is 3. The predicted octanol–water partition coefficient (Wildman–Crippen LogP) is 6.15. The molecule has 1 fully saturated rings. The van der Waals surface area contributed by atoms with Gasteiger partial charge >= 0.3 is 0 Å². The summed E-state index contributed by atoms with van der Waals surface area (Å²) in [5, 5.41) is 6.81. The minimum atomic E-state index is -0.560. The molecule has 1 saturated heterocycles. The van der Waals surface area contributed by atoms with Gasteiger partial charge in [0.15, 0.2) is 11.5 Å². The van der Waals surface area contributed by atoms with Gasteiger partial charge in [0.1, 0.15) is 18.0 Å². The van der Waals surface area contributed by atoms with Crippen LogP contribution in [0.4, 0.5) is 21.6 Å². The van der Waals surface area contributed by atoms with Crippen LogP contribution in [0.15, 0.2) is 60.9 Å². The number of carbonyl (C=O) groups is 1. The van der Waals surface area contributed by atoms with Crippen LogP contribution in [0, 0.1) is 11.7 Å². The Hall–Kier alpha value is -3.95. The molecule has 5 rings (SSSR count). The quantitative estimate of drug-likeness (QED) is 0.272. The number of aromatic nitrogens is 2. The van der Waals surface area contributed by atoms with Crippen molar-refractivity contribution in [1.82, 2.24) is 14.9 Å². The van der Waals surface area contributed by atoms with Crippen molar-refractivity contribution < 1.29 is 18.7 Å². The third kappa shape index (κ3) is 6.38. The van der Waals surface area contributed by atoms with E-state index in [4.69, 9.17) is 21.1 Å². The van der Waals surface area contributed by atoms with Crippen molar-refractivity contribution in [2.75, 3.05) is 44.5 Å². The average molecular weight is 550 g/mol. The first-order valence-electron chi connectivity index (χ1n) is 12.7. The van der Waals surface area contributed by atoms with Crippen LogP contribution in [0.25, 0.3) is 10.9 Å². The molecule has 1 aromatic heterocycles. The second-order valence-corrected chi connectivity index (χ2v) is 10.0. The van der Waals surface area contributed by atoms with Crippen LogP contribution in [-0.4, -0.2) is 54.6 Å². The van der Waals surface area contributed by atoms with Gasteiger partial charge in [0.2, 0.25) is 0 Å². The molecule has 8 nitrogen and oxygen atoms in total. The highest BCUT2D eigenvalue weighted by molar-refractivity contribution is 6.31. The van der Waals surface area contributed by atoms with Crippen LogP contribution >= 0.6 is 11.6 Å². The summed E-state index contributed by atoms with van der Waals surface area (Å²) < 4.78 is 26.8. The van der Waals surface area contributed by atoms with Crippen LogP contribution in [-0.2, 0) is 0 Å². The number of hydrogen-bond donors (Lipinski definition) is 2. The maximum Gasteiger partial charge on any atom is 0.255 e. The van der Waals surface area contributed by atoms with E-state index in [2.05, 4.69) is 32.5 Å². The largest absolute Gasteiger partial charge is 0.493 e. The number of likely N-dealkylation sites (tertiary alicyclic amines) is 1. The molecular weight excluding hydrogens is 521 g/mol.